The normalized spacial score (nSPS) is 18.4. The van der Waals surface area contributed by atoms with Gasteiger partial charge in [0.2, 0.25) is 0 Å². The third-order valence-corrected chi connectivity index (χ3v) is 4.66. The van der Waals surface area contributed by atoms with Crippen molar-refractivity contribution in [2.45, 2.75) is 90.1 Å². The Kier molecular flexibility index (Phi) is 13.2. The zero-order chi connectivity index (χ0) is 16.6. The van der Waals surface area contributed by atoms with Gasteiger partial charge >= 0.3 is 0 Å². The summed E-state index contributed by atoms with van der Waals surface area (Å²) in [7, 11) is 0. The van der Waals surface area contributed by atoms with Crippen molar-refractivity contribution in [2.75, 3.05) is 19.6 Å². The van der Waals surface area contributed by atoms with Crippen LogP contribution < -0.4 is 5.73 Å². The third kappa shape index (κ3) is 10.7. The fraction of sp³-hybridized carbons (Fsp3) is 0.850. The van der Waals surface area contributed by atoms with E-state index >= 15 is 0 Å². The zero-order valence-corrected chi connectivity index (χ0v) is 15.4. The summed E-state index contributed by atoms with van der Waals surface area (Å²) in [5.41, 5.74) is 5.64. The Bertz CT molecular complexity index is 312. The largest absolute Gasteiger partial charge is 0.329 e. The van der Waals surface area contributed by atoms with Gasteiger partial charge in [0.05, 0.1) is 0 Å². The van der Waals surface area contributed by atoms with Crippen molar-refractivity contribution in [3.05, 3.63) is 12.2 Å². The van der Waals surface area contributed by atoms with Crippen LogP contribution in [0.5, 0.6) is 0 Å². The van der Waals surface area contributed by atoms with E-state index in [-0.39, 0.29) is 0 Å². The fourth-order valence-corrected chi connectivity index (χ4v) is 3.20. The Morgan fingerprint density at radius 3 is 2.35 bits per heavy atom. The molecular formula is C20H39N3. The van der Waals surface area contributed by atoms with E-state index in [2.05, 4.69) is 35.2 Å². The average molecular weight is 322 g/mol. The molecule has 134 valence electrons. The SMILES string of the molecule is CCCCC/C=C/CCCCCCCCC1N=CCN1CCN. The van der Waals surface area contributed by atoms with Crippen molar-refractivity contribution in [1.82, 2.24) is 4.90 Å². The summed E-state index contributed by atoms with van der Waals surface area (Å²) in [5, 5.41) is 0. The van der Waals surface area contributed by atoms with Gasteiger partial charge in [-0.05, 0) is 38.5 Å². The number of nitrogens with zero attached hydrogens (tertiary/aromatic N) is 2. The van der Waals surface area contributed by atoms with Gasteiger partial charge in [-0.3, -0.25) is 9.89 Å². The molecule has 0 spiro atoms. The minimum absolute atomic E-state index is 0.413. The van der Waals surface area contributed by atoms with Crippen molar-refractivity contribution in [3.63, 3.8) is 0 Å². The van der Waals surface area contributed by atoms with Gasteiger partial charge in [0.25, 0.3) is 0 Å². The predicted molar refractivity (Wildman–Crippen MR) is 103 cm³/mol. The lowest BCUT2D eigenvalue weighted by Gasteiger charge is -2.21. The predicted octanol–water partition coefficient (Wildman–Crippen LogP) is 4.91. The van der Waals surface area contributed by atoms with Crippen molar-refractivity contribution in [1.29, 1.82) is 0 Å². The molecule has 1 aliphatic rings. The van der Waals surface area contributed by atoms with E-state index in [0.717, 1.165) is 19.6 Å². The highest BCUT2D eigenvalue weighted by atomic mass is 15.3. The zero-order valence-electron chi connectivity index (χ0n) is 15.4. The lowest BCUT2D eigenvalue weighted by atomic mass is 10.1. The summed E-state index contributed by atoms with van der Waals surface area (Å²) in [6.45, 7) is 4.98. The second-order valence-corrected chi connectivity index (χ2v) is 6.76. The molecule has 0 aromatic carbocycles. The molecule has 0 fully saturated rings. The van der Waals surface area contributed by atoms with Crippen LogP contribution in [-0.4, -0.2) is 36.9 Å². The molecule has 1 rings (SSSR count). The smallest absolute Gasteiger partial charge is 0.102 e. The molecule has 1 unspecified atom stereocenters. The lowest BCUT2D eigenvalue weighted by molar-refractivity contribution is 0.241. The number of hydrogen-bond donors (Lipinski definition) is 1. The fourth-order valence-electron chi connectivity index (χ4n) is 3.20. The molecule has 0 amide bonds. The number of nitrogens with two attached hydrogens (primary N) is 1. The van der Waals surface area contributed by atoms with Crippen LogP contribution in [0.3, 0.4) is 0 Å². The molecule has 0 aliphatic carbocycles. The summed E-state index contributed by atoms with van der Waals surface area (Å²) >= 11 is 0. The van der Waals surface area contributed by atoms with Gasteiger partial charge in [-0.1, -0.05) is 57.6 Å². The molecule has 0 aromatic rings. The first-order valence-corrected chi connectivity index (χ1v) is 9.99. The summed E-state index contributed by atoms with van der Waals surface area (Å²) in [4.78, 5) is 6.96. The van der Waals surface area contributed by atoms with Gasteiger partial charge in [-0.2, -0.15) is 0 Å². The van der Waals surface area contributed by atoms with Crippen LogP contribution in [0.2, 0.25) is 0 Å². The van der Waals surface area contributed by atoms with E-state index < -0.39 is 0 Å². The molecule has 0 bridgehead atoms. The second kappa shape index (κ2) is 14.9. The maximum absolute atomic E-state index is 5.64. The van der Waals surface area contributed by atoms with Crippen LogP contribution in [0.15, 0.2) is 17.1 Å². The van der Waals surface area contributed by atoms with E-state index in [1.165, 1.54) is 77.0 Å². The highest BCUT2D eigenvalue weighted by Gasteiger charge is 2.19. The van der Waals surface area contributed by atoms with Crippen LogP contribution in [0.25, 0.3) is 0 Å². The minimum Gasteiger partial charge on any atom is -0.329 e. The highest BCUT2D eigenvalue weighted by molar-refractivity contribution is 5.62. The Hall–Kier alpha value is -0.670. The first-order valence-electron chi connectivity index (χ1n) is 9.99. The van der Waals surface area contributed by atoms with Crippen LogP contribution in [0, 0.1) is 0 Å². The van der Waals surface area contributed by atoms with E-state index in [1.807, 2.05) is 0 Å². The van der Waals surface area contributed by atoms with E-state index in [1.54, 1.807) is 0 Å². The molecule has 0 saturated heterocycles. The highest BCUT2D eigenvalue weighted by Crippen LogP contribution is 2.16. The number of rotatable bonds is 15. The van der Waals surface area contributed by atoms with E-state index in [0.29, 0.717) is 6.17 Å². The first-order chi connectivity index (χ1) is 11.4. The van der Waals surface area contributed by atoms with Crippen molar-refractivity contribution >= 4 is 6.21 Å². The van der Waals surface area contributed by atoms with Crippen LogP contribution in [0.1, 0.15) is 84.0 Å². The van der Waals surface area contributed by atoms with Crippen LogP contribution in [-0.2, 0) is 0 Å². The molecule has 23 heavy (non-hydrogen) atoms. The number of hydrogen-bond acceptors (Lipinski definition) is 3. The first kappa shape index (κ1) is 20.4. The van der Waals surface area contributed by atoms with Crippen molar-refractivity contribution < 1.29 is 0 Å². The standard InChI is InChI=1S/C20H39N3/c1-2-3-4-5-6-7-8-9-10-11-12-13-14-15-20-22-17-19-23(20)18-16-21/h6-7,17,20H,2-5,8-16,18-19,21H2,1H3/b7-6+. The molecule has 3 nitrogen and oxygen atoms in total. The van der Waals surface area contributed by atoms with Crippen molar-refractivity contribution in [3.8, 4) is 0 Å². The van der Waals surface area contributed by atoms with Crippen molar-refractivity contribution in [2.24, 2.45) is 10.7 Å². The van der Waals surface area contributed by atoms with Gasteiger partial charge in [0, 0.05) is 25.8 Å². The number of aliphatic imine (C=N–C) groups is 1. The summed E-state index contributed by atoms with van der Waals surface area (Å²) in [6, 6.07) is 0. The van der Waals surface area contributed by atoms with E-state index in [4.69, 9.17) is 5.73 Å². The minimum atomic E-state index is 0.413. The maximum atomic E-state index is 5.64. The van der Waals surface area contributed by atoms with Gasteiger partial charge in [-0.15, -0.1) is 0 Å². The Labute approximate surface area is 144 Å². The third-order valence-electron chi connectivity index (χ3n) is 4.66. The van der Waals surface area contributed by atoms with Gasteiger partial charge in [-0.25, -0.2) is 0 Å². The topological polar surface area (TPSA) is 41.6 Å². The second-order valence-electron chi connectivity index (χ2n) is 6.76. The summed E-state index contributed by atoms with van der Waals surface area (Å²) in [6.07, 6.45) is 23.2. The van der Waals surface area contributed by atoms with Crippen LogP contribution >= 0.6 is 0 Å². The molecule has 1 aliphatic heterocycles. The Balaban J connectivity index is 1.84. The summed E-state index contributed by atoms with van der Waals surface area (Å²) in [5.74, 6) is 0. The Morgan fingerprint density at radius 2 is 1.65 bits per heavy atom. The summed E-state index contributed by atoms with van der Waals surface area (Å²) < 4.78 is 0. The Morgan fingerprint density at radius 1 is 1.00 bits per heavy atom. The number of allylic oxidation sites excluding steroid dienone is 2. The molecule has 0 saturated carbocycles. The molecule has 1 atom stereocenters. The molecule has 0 radical (unpaired) electrons. The molecular weight excluding hydrogens is 282 g/mol. The monoisotopic (exact) mass is 321 g/mol. The number of unbranched alkanes of at least 4 members (excludes halogenated alkanes) is 9. The van der Waals surface area contributed by atoms with Gasteiger partial charge < -0.3 is 5.73 Å². The molecule has 2 N–H and O–H groups in total. The quantitative estimate of drug-likeness (QED) is 0.344. The maximum Gasteiger partial charge on any atom is 0.102 e. The lowest BCUT2D eigenvalue weighted by Crippen LogP contribution is -2.34. The molecule has 1 heterocycles. The van der Waals surface area contributed by atoms with Gasteiger partial charge in [0.1, 0.15) is 6.17 Å². The molecule has 0 aromatic heterocycles. The molecule has 3 heteroatoms. The van der Waals surface area contributed by atoms with Gasteiger partial charge in [0.15, 0.2) is 0 Å². The van der Waals surface area contributed by atoms with Crippen LogP contribution in [0.4, 0.5) is 0 Å². The van der Waals surface area contributed by atoms with E-state index in [9.17, 15) is 0 Å². The average Bonchev–Trinajstić information content (AvgIpc) is 2.99.